The maximum atomic E-state index is 12.6. The van der Waals surface area contributed by atoms with Crippen LogP contribution in [0.5, 0.6) is 0 Å². The number of fused-ring (bicyclic) bond motifs is 1. The third-order valence-corrected chi connectivity index (χ3v) is 8.08. The van der Waals surface area contributed by atoms with Gasteiger partial charge in [-0.2, -0.15) is 14.7 Å². The van der Waals surface area contributed by atoms with Crippen molar-refractivity contribution in [1.82, 2.24) is 19.5 Å². The summed E-state index contributed by atoms with van der Waals surface area (Å²) in [5.41, 5.74) is 9.14. The van der Waals surface area contributed by atoms with Gasteiger partial charge in [0.2, 0.25) is 5.91 Å². The zero-order valence-corrected chi connectivity index (χ0v) is 25.1. The highest BCUT2D eigenvalue weighted by Gasteiger charge is 2.24. The van der Waals surface area contributed by atoms with E-state index in [1.165, 1.54) is 5.56 Å². The largest absolute Gasteiger partial charge is 0.378 e. The van der Waals surface area contributed by atoms with Crippen molar-refractivity contribution in [3.05, 3.63) is 71.8 Å². The zero-order valence-electron chi connectivity index (χ0n) is 25.1. The number of hydrazone groups is 1. The van der Waals surface area contributed by atoms with Crippen LogP contribution in [0.4, 0.5) is 17.3 Å². The summed E-state index contributed by atoms with van der Waals surface area (Å²) in [6.07, 6.45) is 4.44. The number of morpholine rings is 1. The summed E-state index contributed by atoms with van der Waals surface area (Å²) in [7, 11) is 0. The standard InChI is InChI=1S/C33H40N8O2/c1-3-4-12-33(42)40-15-13-38(14-16-40)29-11-6-5-10-27(29)28-22-31-35-30(36-34-24-26-9-7-8-25(2)21-26)23-32(41(31)37-28)39-17-19-43-20-18-39/h5-11,21-24H,3-4,12-20H2,1-2H3,(H,35,36). The molecule has 1 amide bonds. The van der Waals surface area contributed by atoms with Crippen LogP contribution in [-0.2, 0) is 9.53 Å². The predicted octanol–water partition coefficient (Wildman–Crippen LogP) is 4.83. The van der Waals surface area contributed by atoms with E-state index in [1.807, 2.05) is 39.9 Å². The van der Waals surface area contributed by atoms with E-state index in [-0.39, 0.29) is 5.91 Å². The number of amides is 1. The average Bonchev–Trinajstić information content (AvgIpc) is 3.48. The first-order valence-corrected chi connectivity index (χ1v) is 15.3. The molecule has 2 aliphatic rings. The van der Waals surface area contributed by atoms with Crippen molar-refractivity contribution in [3.8, 4) is 11.3 Å². The summed E-state index contributed by atoms with van der Waals surface area (Å²) in [6.45, 7) is 10.2. The van der Waals surface area contributed by atoms with Gasteiger partial charge in [0.25, 0.3) is 0 Å². The van der Waals surface area contributed by atoms with Crippen LogP contribution < -0.4 is 15.2 Å². The number of hydrogen-bond donors (Lipinski definition) is 1. The molecule has 4 heterocycles. The Labute approximate surface area is 253 Å². The van der Waals surface area contributed by atoms with Gasteiger partial charge in [-0.25, -0.2) is 4.98 Å². The normalized spacial score (nSPS) is 15.9. The highest BCUT2D eigenvalue weighted by molar-refractivity contribution is 5.81. The van der Waals surface area contributed by atoms with Crippen LogP contribution >= 0.6 is 0 Å². The lowest BCUT2D eigenvalue weighted by molar-refractivity contribution is -0.131. The number of carbonyl (C=O) groups is 1. The van der Waals surface area contributed by atoms with E-state index in [1.54, 1.807) is 0 Å². The number of aryl methyl sites for hydroxylation is 1. The van der Waals surface area contributed by atoms with Gasteiger partial charge in [-0.1, -0.05) is 61.4 Å². The number of carbonyl (C=O) groups excluding carboxylic acids is 1. The number of hydrogen-bond acceptors (Lipinski definition) is 8. The molecule has 224 valence electrons. The van der Waals surface area contributed by atoms with Crippen LogP contribution in [0.1, 0.15) is 37.3 Å². The second kappa shape index (κ2) is 13.2. The van der Waals surface area contributed by atoms with E-state index in [2.05, 4.69) is 70.6 Å². The topological polar surface area (TPSA) is 90.6 Å². The predicted molar refractivity (Wildman–Crippen MR) is 172 cm³/mol. The van der Waals surface area contributed by atoms with E-state index < -0.39 is 0 Å². The van der Waals surface area contributed by atoms with Crippen LogP contribution in [0.3, 0.4) is 0 Å². The molecule has 4 aromatic rings. The number of rotatable bonds is 9. The summed E-state index contributed by atoms with van der Waals surface area (Å²) in [5, 5.41) is 9.56. The molecular formula is C33H40N8O2. The van der Waals surface area contributed by atoms with Crippen molar-refractivity contribution < 1.29 is 9.53 Å². The smallest absolute Gasteiger partial charge is 0.222 e. The van der Waals surface area contributed by atoms with Crippen molar-refractivity contribution in [2.24, 2.45) is 5.10 Å². The second-order valence-electron chi connectivity index (χ2n) is 11.2. The number of unbranched alkanes of at least 4 members (excludes halogenated alkanes) is 1. The molecule has 0 radical (unpaired) electrons. The summed E-state index contributed by atoms with van der Waals surface area (Å²) in [4.78, 5) is 24.1. The number of anilines is 3. The number of nitrogens with one attached hydrogen (secondary N) is 1. The lowest BCUT2D eigenvalue weighted by Crippen LogP contribution is -2.48. The molecule has 0 unspecified atom stereocenters. The van der Waals surface area contributed by atoms with Crippen LogP contribution in [0.2, 0.25) is 0 Å². The first-order valence-electron chi connectivity index (χ1n) is 15.3. The second-order valence-corrected chi connectivity index (χ2v) is 11.2. The minimum Gasteiger partial charge on any atom is -0.378 e. The van der Waals surface area contributed by atoms with Gasteiger partial charge in [0.05, 0.1) is 25.1 Å². The van der Waals surface area contributed by atoms with Crippen molar-refractivity contribution in [2.45, 2.75) is 33.1 Å². The lowest BCUT2D eigenvalue weighted by atomic mass is 10.1. The summed E-state index contributed by atoms with van der Waals surface area (Å²) in [6, 6.07) is 20.6. The zero-order chi connectivity index (χ0) is 29.6. The molecule has 0 saturated carbocycles. The Kier molecular flexibility index (Phi) is 8.83. The Morgan fingerprint density at radius 3 is 2.58 bits per heavy atom. The first-order chi connectivity index (χ1) is 21.1. The Balaban J connectivity index is 1.28. The summed E-state index contributed by atoms with van der Waals surface area (Å²) in [5.74, 6) is 1.87. The van der Waals surface area contributed by atoms with E-state index in [4.69, 9.17) is 14.8 Å². The van der Waals surface area contributed by atoms with E-state index >= 15 is 0 Å². The molecule has 2 aromatic carbocycles. The van der Waals surface area contributed by atoms with E-state index in [0.29, 0.717) is 25.5 Å². The number of para-hydroxylation sites is 1. The maximum absolute atomic E-state index is 12.6. The molecule has 0 spiro atoms. The van der Waals surface area contributed by atoms with Gasteiger partial charge in [-0.05, 0) is 25.0 Å². The van der Waals surface area contributed by atoms with E-state index in [9.17, 15) is 4.79 Å². The molecule has 1 N–H and O–H groups in total. The molecular weight excluding hydrogens is 540 g/mol. The number of aromatic nitrogens is 3. The monoisotopic (exact) mass is 580 g/mol. The van der Waals surface area contributed by atoms with Gasteiger partial charge >= 0.3 is 0 Å². The van der Waals surface area contributed by atoms with Crippen LogP contribution in [0, 0.1) is 6.92 Å². The Hall–Kier alpha value is -4.44. The molecule has 0 aliphatic carbocycles. The van der Waals surface area contributed by atoms with Gasteiger partial charge in [-0.3, -0.25) is 10.2 Å². The van der Waals surface area contributed by atoms with Crippen LogP contribution in [0.15, 0.2) is 65.8 Å². The molecule has 43 heavy (non-hydrogen) atoms. The molecule has 10 heteroatoms. The highest BCUT2D eigenvalue weighted by atomic mass is 16.5. The highest BCUT2D eigenvalue weighted by Crippen LogP contribution is 2.33. The minimum absolute atomic E-state index is 0.268. The maximum Gasteiger partial charge on any atom is 0.222 e. The fourth-order valence-electron chi connectivity index (χ4n) is 5.74. The number of nitrogens with zero attached hydrogens (tertiary/aromatic N) is 7. The number of benzene rings is 2. The first kappa shape index (κ1) is 28.7. The fraction of sp³-hybridized carbons (Fsp3) is 0.394. The Morgan fingerprint density at radius 1 is 0.977 bits per heavy atom. The Morgan fingerprint density at radius 2 is 1.79 bits per heavy atom. The van der Waals surface area contributed by atoms with E-state index in [0.717, 1.165) is 86.1 Å². The van der Waals surface area contributed by atoms with Crippen LogP contribution in [-0.4, -0.2) is 84.1 Å². The molecule has 2 aliphatic heterocycles. The SMILES string of the molecule is CCCCC(=O)N1CCN(c2ccccc2-c2cc3nc(NN=Cc4cccc(C)c4)cc(N4CCOCC4)n3n2)CC1. The van der Waals surface area contributed by atoms with Crippen molar-refractivity contribution in [2.75, 3.05) is 67.7 Å². The number of ether oxygens (including phenoxy) is 1. The third kappa shape index (κ3) is 6.64. The van der Waals surface area contributed by atoms with Crippen molar-refractivity contribution in [1.29, 1.82) is 0 Å². The van der Waals surface area contributed by atoms with Crippen LogP contribution in [0.25, 0.3) is 16.9 Å². The minimum atomic E-state index is 0.268. The van der Waals surface area contributed by atoms with Gasteiger partial charge in [-0.15, -0.1) is 0 Å². The molecule has 6 rings (SSSR count). The molecule has 2 fully saturated rings. The Bertz CT molecular complexity index is 1590. The fourth-order valence-corrected chi connectivity index (χ4v) is 5.74. The van der Waals surface area contributed by atoms with Crippen molar-refractivity contribution in [3.63, 3.8) is 0 Å². The van der Waals surface area contributed by atoms with Gasteiger partial charge in [0, 0.05) is 69.1 Å². The molecule has 0 atom stereocenters. The summed E-state index contributed by atoms with van der Waals surface area (Å²) < 4.78 is 7.56. The molecule has 2 aromatic heterocycles. The van der Waals surface area contributed by atoms with Gasteiger partial charge in [0.1, 0.15) is 5.82 Å². The van der Waals surface area contributed by atoms with Gasteiger partial charge < -0.3 is 19.4 Å². The quantitative estimate of drug-likeness (QED) is 0.224. The molecule has 2 saturated heterocycles. The lowest BCUT2D eigenvalue weighted by Gasteiger charge is -2.37. The molecule has 0 bridgehead atoms. The number of piperazine rings is 1. The molecule has 10 nitrogen and oxygen atoms in total. The third-order valence-electron chi connectivity index (χ3n) is 8.08. The summed E-state index contributed by atoms with van der Waals surface area (Å²) >= 11 is 0. The van der Waals surface area contributed by atoms with Crippen molar-refractivity contribution >= 4 is 35.1 Å². The average molecular weight is 581 g/mol. The van der Waals surface area contributed by atoms with Gasteiger partial charge in [0.15, 0.2) is 11.5 Å².